The quantitative estimate of drug-likeness (QED) is 0.830. The molecule has 4 heteroatoms. The van der Waals surface area contributed by atoms with Crippen LogP contribution in [0.3, 0.4) is 0 Å². The molecule has 1 amide bonds. The summed E-state index contributed by atoms with van der Waals surface area (Å²) in [5, 5.41) is 10.1. The van der Waals surface area contributed by atoms with Crippen LogP contribution in [0.2, 0.25) is 0 Å². The fourth-order valence-electron chi connectivity index (χ4n) is 3.71. The Bertz CT molecular complexity index is 340. The number of hydrogen-bond acceptors (Lipinski definition) is 3. The average molecular weight is 267 g/mol. The molecule has 2 aliphatic carbocycles. The first-order chi connectivity index (χ1) is 9.11. The molecule has 0 atom stereocenters. The lowest BCUT2D eigenvalue weighted by Gasteiger charge is -2.46. The fraction of sp³-hybridized carbons (Fsp3) is 0.933. The second kappa shape index (κ2) is 5.06. The monoisotopic (exact) mass is 267 g/mol. The molecule has 1 aliphatic heterocycles. The van der Waals surface area contributed by atoms with Gasteiger partial charge in [-0.25, -0.2) is 0 Å². The Hall–Kier alpha value is -0.610. The minimum Gasteiger partial charge on any atom is -0.389 e. The third-order valence-electron chi connectivity index (χ3n) is 5.13. The standard InChI is InChI=1S/C15H25NO3/c17-13(11-14(18)5-4-6-14)16-9-10-19-15(12-16)7-2-1-3-8-15/h18H,1-12H2. The molecule has 0 aromatic heterocycles. The molecular formula is C15H25NO3. The van der Waals surface area contributed by atoms with E-state index >= 15 is 0 Å². The fourth-order valence-corrected chi connectivity index (χ4v) is 3.71. The molecule has 3 rings (SSSR count). The van der Waals surface area contributed by atoms with Gasteiger partial charge < -0.3 is 14.7 Å². The van der Waals surface area contributed by atoms with E-state index in [1.54, 1.807) is 0 Å². The third kappa shape index (κ3) is 2.79. The normalized spacial score (nSPS) is 29.0. The first kappa shape index (κ1) is 13.4. The van der Waals surface area contributed by atoms with Crippen molar-refractivity contribution in [3.05, 3.63) is 0 Å². The molecule has 1 spiro atoms. The maximum atomic E-state index is 12.3. The molecule has 0 aromatic carbocycles. The average Bonchev–Trinajstić information content (AvgIpc) is 2.38. The van der Waals surface area contributed by atoms with E-state index in [0.29, 0.717) is 19.6 Å². The molecule has 3 fully saturated rings. The summed E-state index contributed by atoms with van der Waals surface area (Å²) in [6.45, 7) is 2.09. The highest BCUT2D eigenvalue weighted by atomic mass is 16.5. The maximum absolute atomic E-state index is 12.3. The van der Waals surface area contributed by atoms with Gasteiger partial charge in [-0.05, 0) is 32.1 Å². The van der Waals surface area contributed by atoms with Gasteiger partial charge in [0.05, 0.1) is 24.2 Å². The second-order valence-corrected chi connectivity index (χ2v) is 6.66. The van der Waals surface area contributed by atoms with Crippen LogP contribution in [0.4, 0.5) is 0 Å². The maximum Gasteiger partial charge on any atom is 0.225 e. The highest BCUT2D eigenvalue weighted by Crippen LogP contribution is 2.37. The first-order valence-electron chi connectivity index (χ1n) is 7.75. The smallest absolute Gasteiger partial charge is 0.225 e. The van der Waals surface area contributed by atoms with Gasteiger partial charge in [0.15, 0.2) is 0 Å². The minimum atomic E-state index is -0.699. The van der Waals surface area contributed by atoms with Crippen molar-refractivity contribution in [3.63, 3.8) is 0 Å². The first-order valence-corrected chi connectivity index (χ1v) is 7.75. The van der Waals surface area contributed by atoms with E-state index in [2.05, 4.69) is 0 Å². The molecule has 1 saturated heterocycles. The molecule has 1 heterocycles. The second-order valence-electron chi connectivity index (χ2n) is 6.66. The molecule has 0 radical (unpaired) electrons. The number of ether oxygens (including phenoxy) is 1. The molecule has 3 aliphatic rings. The summed E-state index contributed by atoms with van der Waals surface area (Å²) in [4.78, 5) is 14.3. The van der Waals surface area contributed by atoms with E-state index in [1.807, 2.05) is 4.90 Å². The van der Waals surface area contributed by atoms with Crippen LogP contribution in [-0.4, -0.2) is 46.8 Å². The van der Waals surface area contributed by atoms with E-state index in [4.69, 9.17) is 4.74 Å². The Morgan fingerprint density at radius 3 is 2.47 bits per heavy atom. The van der Waals surface area contributed by atoms with Gasteiger partial charge in [-0.15, -0.1) is 0 Å². The number of nitrogens with zero attached hydrogens (tertiary/aromatic N) is 1. The van der Waals surface area contributed by atoms with Crippen molar-refractivity contribution in [2.24, 2.45) is 0 Å². The predicted molar refractivity (Wildman–Crippen MR) is 71.8 cm³/mol. The number of amides is 1. The van der Waals surface area contributed by atoms with Crippen molar-refractivity contribution in [3.8, 4) is 0 Å². The highest BCUT2D eigenvalue weighted by molar-refractivity contribution is 5.77. The van der Waals surface area contributed by atoms with Gasteiger partial charge in [0.1, 0.15) is 0 Å². The summed E-state index contributed by atoms with van der Waals surface area (Å²) in [5.74, 6) is 0.121. The van der Waals surface area contributed by atoms with Gasteiger partial charge >= 0.3 is 0 Å². The van der Waals surface area contributed by atoms with Gasteiger partial charge in [-0.2, -0.15) is 0 Å². The summed E-state index contributed by atoms with van der Waals surface area (Å²) in [7, 11) is 0. The van der Waals surface area contributed by atoms with Gasteiger partial charge in [-0.3, -0.25) is 4.79 Å². The Morgan fingerprint density at radius 2 is 1.84 bits per heavy atom. The molecule has 4 nitrogen and oxygen atoms in total. The summed E-state index contributed by atoms with van der Waals surface area (Å²) >= 11 is 0. The Kier molecular flexibility index (Phi) is 3.56. The third-order valence-corrected chi connectivity index (χ3v) is 5.13. The molecule has 0 aromatic rings. The number of hydrogen-bond donors (Lipinski definition) is 1. The SMILES string of the molecule is O=C(CC1(O)CCC1)N1CCOC2(CCCCC2)C1. The summed E-state index contributed by atoms with van der Waals surface area (Å²) in [5.41, 5.74) is -0.774. The number of carbonyl (C=O) groups excluding carboxylic acids is 1. The Balaban J connectivity index is 1.59. The number of morpholine rings is 1. The topological polar surface area (TPSA) is 49.8 Å². The lowest BCUT2D eigenvalue weighted by Crippen LogP contribution is -2.55. The Morgan fingerprint density at radius 1 is 1.11 bits per heavy atom. The number of aliphatic hydroxyl groups is 1. The van der Waals surface area contributed by atoms with Crippen LogP contribution >= 0.6 is 0 Å². The zero-order valence-corrected chi connectivity index (χ0v) is 11.7. The van der Waals surface area contributed by atoms with Crippen LogP contribution < -0.4 is 0 Å². The molecule has 0 unspecified atom stereocenters. The van der Waals surface area contributed by atoms with Gasteiger partial charge in [0.25, 0.3) is 0 Å². The summed E-state index contributed by atoms with van der Waals surface area (Å²) in [6, 6.07) is 0. The molecular weight excluding hydrogens is 242 g/mol. The van der Waals surface area contributed by atoms with Crippen molar-refractivity contribution in [2.45, 2.75) is 69.0 Å². The van der Waals surface area contributed by atoms with Gasteiger partial charge in [0, 0.05) is 13.1 Å². The molecule has 2 saturated carbocycles. The van der Waals surface area contributed by atoms with Gasteiger partial charge in [-0.1, -0.05) is 19.3 Å². The summed E-state index contributed by atoms with van der Waals surface area (Å²) in [6.07, 6.45) is 8.82. The van der Waals surface area contributed by atoms with Crippen molar-refractivity contribution in [2.75, 3.05) is 19.7 Å². The minimum absolute atomic E-state index is 0.0750. The molecule has 19 heavy (non-hydrogen) atoms. The van der Waals surface area contributed by atoms with E-state index in [9.17, 15) is 9.90 Å². The number of carbonyl (C=O) groups is 1. The van der Waals surface area contributed by atoms with Crippen LogP contribution in [0.1, 0.15) is 57.8 Å². The largest absolute Gasteiger partial charge is 0.389 e. The van der Waals surface area contributed by atoms with Crippen molar-refractivity contribution < 1.29 is 14.6 Å². The zero-order chi connectivity index (χ0) is 13.3. The van der Waals surface area contributed by atoms with E-state index < -0.39 is 5.60 Å². The van der Waals surface area contributed by atoms with Crippen LogP contribution in [0, 0.1) is 0 Å². The Labute approximate surface area is 115 Å². The lowest BCUT2D eigenvalue weighted by molar-refractivity contribution is -0.162. The highest BCUT2D eigenvalue weighted by Gasteiger charge is 2.42. The van der Waals surface area contributed by atoms with E-state index in [0.717, 1.165) is 38.6 Å². The molecule has 108 valence electrons. The van der Waals surface area contributed by atoms with Crippen LogP contribution in [0.5, 0.6) is 0 Å². The number of rotatable bonds is 2. The lowest BCUT2D eigenvalue weighted by atomic mass is 9.77. The van der Waals surface area contributed by atoms with Crippen LogP contribution in [-0.2, 0) is 9.53 Å². The van der Waals surface area contributed by atoms with Crippen LogP contribution in [0.15, 0.2) is 0 Å². The van der Waals surface area contributed by atoms with Crippen molar-refractivity contribution in [1.29, 1.82) is 0 Å². The van der Waals surface area contributed by atoms with E-state index in [-0.39, 0.29) is 11.5 Å². The van der Waals surface area contributed by atoms with E-state index in [1.165, 1.54) is 19.3 Å². The predicted octanol–water partition coefficient (Wildman–Crippen LogP) is 1.85. The molecule has 0 bridgehead atoms. The van der Waals surface area contributed by atoms with Crippen molar-refractivity contribution >= 4 is 5.91 Å². The summed E-state index contributed by atoms with van der Waals surface area (Å²) < 4.78 is 6.00. The van der Waals surface area contributed by atoms with Crippen molar-refractivity contribution in [1.82, 2.24) is 4.90 Å². The zero-order valence-electron chi connectivity index (χ0n) is 11.7. The van der Waals surface area contributed by atoms with Gasteiger partial charge in [0.2, 0.25) is 5.91 Å². The van der Waals surface area contributed by atoms with Crippen LogP contribution in [0.25, 0.3) is 0 Å². The molecule has 1 N–H and O–H groups in total.